The molecule has 4 saturated heterocycles. The van der Waals surface area contributed by atoms with Gasteiger partial charge in [-0.2, -0.15) is 0 Å². The number of halogens is 1. The van der Waals surface area contributed by atoms with Crippen LogP contribution < -0.4 is 21.6 Å². The number of cyclic esters (lactones) is 1. The van der Waals surface area contributed by atoms with Gasteiger partial charge in [0.05, 0.1) is 41.5 Å². The zero-order valence-corrected chi connectivity index (χ0v) is 48.3. The number of methoxy groups -OCH3 is 2. The number of nitrogens with zero attached hydrogens (tertiary/aromatic N) is 4. The Bertz CT molecular complexity index is 2100. The summed E-state index contributed by atoms with van der Waals surface area (Å²) < 4.78 is 59.4. The minimum Gasteiger partial charge on any atom is -0.459 e. The summed E-state index contributed by atoms with van der Waals surface area (Å²) in [6, 6.07) is 6.72. The van der Waals surface area contributed by atoms with Gasteiger partial charge in [0.2, 0.25) is 0 Å². The molecule has 7 rings (SSSR count). The second-order valence-electron chi connectivity index (χ2n) is 24.5. The predicted molar refractivity (Wildman–Crippen MR) is 287 cm³/mol. The average Bonchev–Trinajstić information content (AvgIpc) is 3.77. The number of fused-ring (bicyclic) bond motifs is 1. The van der Waals surface area contributed by atoms with Gasteiger partial charge in [0.1, 0.15) is 48.8 Å². The highest BCUT2D eigenvalue weighted by Gasteiger charge is 2.55. The molecule has 21 heteroatoms. The lowest BCUT2D eigenvalue weighted by Crippen LogP contribution is -2.61. The van der Waals surface area contributed by atoms with E-state index in [1.807, 2.05) is 63.0 Å². The van der Waals surface area contributed by atoms with Crippen molar-refractivity contribution in [3.05, 3.63) is 41.7 Å². The second-order valence-corrected chi connectivity index (χ2v) is 24.5. The summed E-state index contributed by atoms with van der Waals surface area (Å²) in [5.74, 6) is -1.72. The maximum absolute atomic E-state index is 15.0. The van der Waals surface area contributed by atoms with Gasteiger partial charge < -0.3 is 84.5 Å². The molecule has 1 aromatic carbocycles. The molecule has 0 radical (unpaired) electrons. The summed E-state index contributed by atoms with van der Waals surface area (Å²) in [5, 5.41) is 61.7. The summed E-state index contributed by atoms with van der Waals surface area (Å²) in [6.45, 7) is 19.6. The van der Waals surface area contributed by atoms with Gasteiger partial charge in [-0.1, -0.05) is 32.9 Å². The number of likely N-dealkylation sites (N-methyl/N-ethyl adjacent to an activating group) is 2. The molecule has 1 aliphatic carbocycles. The topological polar surface area (TPSA) is 246 Å². The monoisotopic (exact) mass is 1090 g/mol. The summed E-state index contributed by atoms with van der Waals surface area (Å²) >= 11 is 0. The summed E-state index contributed by atoms with van der Waals surface area (Å²) in [5.41, 5.74) is 10.7. The minimum absolute atomic E-state index is 0.0903. The van der Waals surface area contributed by atoms with Crippen LogP contribution in [0.3, 0.4) is 0 Å². The van der Waals surface area contributed by atoms with Gasteiger partial charge in [-0.3, -0.25) is 9.80 Å². The third-order valence-corrected chi connectivity index (χ3v) is 18.5. The molecule has 77 heavy (non-hydrogen) atoms. The molecule has 0 amide bonds. The Morgan fingerprint density at radius 1 is 0.948 bits per heavy atom. The van der Waals surface area contributed by atoms with Crippen LogP contribution in [0.2, 0.25) is 0 Å². The lowest BCUT2D eigenvalue weighted by Gasteiger charge is -2.49. The van der Waals surface area contributed by atoms with Crippen LogP contribution in [0, 0.1) is 29.6 Å². The first-order valence-electron chi connectivity index (χ1n) is 28.2. The van der Waals surface area contributed by atoms with Crippen molar-refractivity contribution in [1.82, 2.24) is 25.8 Å². The van der Waals surface area contributed by atoms with E-state index in [1.165, 1.54) is 14.0 Å². The van der Waals surface area contributed by atoms with Crippen LogP contribution in [0.25, 0.3) is 0 Å². The Hall–Kier alpha value is -2.84. The van der Waals surface area contributed by atoms with E-state index in [1.54, 1.807) is 53.7 Å². The second kappa shape index (κ2) is 25.1. The van der Waals surface area contributed by atoms with E-state index in [-0.39, 0.29) is 31.3 Å². The number of carbonyl (C=O) groups is 1. The van der Waals surface area contributed by atoms with E-state index in [2.05, 4.69) is 28.0 Å². The maximum Gasteiger partial charge on any atom is 0.311 e. The molecule has 5 aliphatic heterocycles. The molecule has 1 aromatic rings. The standard InChI is InChI=1S/C56H96FN7O13/c1-15-43-56(10,70)49(66)34(6)62(12)26-30(2)23-54(8,69)51(32(4)47(33(5)52(68)75-43)76-44-24-55(9,72-14)50(67)35(7)74-44)77-53-46(65)41(22-31(3)73-53)61(11)21-20-37-27-64(60-59-37)42(25-57)48(71-13)36-16-18-38(19-17-36)63-28-39-40(29-63)45(39)58/h16-19,27,30-35,39-51,53,59-60,65-67,69-70H,15,20-26,28-29,58H2,1-14H3/t30-,31-,32+,33-,34-,35+,39-,40+,41+,42-,43-,44+,45+,46-,47+,48-,49-,50+,51-,53+,54-,55-,56-/m1/s1. The van der Waals surface area contributed by atoms with Crippen LogP contribution in [0.15, 0.2) is 36.2 Å². The predicted octanol–water partition coefficient (Wildman–Crippen LogP) is 2.95. The highest BCUT2D eigenvalue weighted by Crippen LogP contribution is 2.46. The highest BCUT2D eigenvalue weighted by atomic mass is 19.1. The van der Waals surface area contributed by atoms with Crippen molar-refractivity contribution in [2.75, 3.05) is 66.1 Å². The van der Waals surface area contributed by atoms with Crippen molar-refractivity contribution in [2.45, 2.75) is 210 Å². The molecule has 6 aliphatic rings. The first-order chi connectivity index (χ1) is 36.2. The number of aliphatic hydroxyl groups is 5. The normalized spacial score (nSPS) is 43.5. The van der Waals surface area contributed by atoms with Crippen molar-refractivity contribution < 1.29 is 67.9 Å². The smallest absolute Gasteiger partial charge is 0.311 e. The van der Waals surface area contributed by atoms with Gasteiger partial charge >= 0.3 is 5.97 Å². The lowest BCUT2D eigenvalue weighted by atomic mass is 9.77. The number of benzene rings is 1. The Labute approximate surface area is 456 Å². The average molecular weight is 1090 g/mol. The van der Waals surface area contributed by atoms with Crippen LogP contribution >= 0.6 is 0 Å². The molecule has 0 aromatic heterocycles. The molecule has 1 saturated carbocycles. The van der Waals surface area contributed by atoms with Crippen LogP contribution in [0.1, 0.15) is 113 Å². The van der Waals surface area contributed by atoms with Crippen LogP contribution in [-0.4, -0.2) is 210 Å². The van der Waals surface area contributed by atoms with Gasteiger partial charge in [0.15, 0.2) is 12.6 Å². The molecule has 20 nitrogen and oxygen atoms in total. The van der Waals surface area contributed by atoms with Crippen LogP contribution in [-0.2, 0) is 38.0 Å². The molecule has 5 fully saturated rings. The molecule has 440 valence electrons. The third kappa shape index (κ3) is 13.4. The Kier molecular flexibility index (Phi) is 20.1. The van der Waals surface area contributed by atoms with E-state index in [0.29, 0.717) is 43.8 Å². The number of alkyl halides is 1. The van der Waals surface area contributed by atoms with Gasteiger partial charge in [0, 0.05) is 94.9 Å². The first kappa shape index (κ1) is 61.8. The summed E-state index contributed by atoms with van der Waals surface area (Å²) in [6.07, 6.45) is -7.53. The molecule has 5 heterocycles. The highest BCUT2D eigenvalue weighted by molar-refractivity contribution is 5.73. The maximum atomic E-state index is 15.0. The minimum atomic E-state index is -1.85. The van der Waals surface area contributed by atoms with Gasteiger partial charge in [-0.05, 0) is 117 Å². The number of ether oxygens (including phenoxy) is 7. The van der Waals surface area contributed by atoms with Crippen molar-refractivity contribution in [2.24, 2.45) is 35.3 Å². The fourth-order valence-corrected chi connectivity index (χ4v) is 13.3. The number of aliphatic hydroxyl groups excluding tert-OH is 3. The third-order valence-electron chi connectivity index (χ3n) is 18.5. The number of piperidine rings is 1. The van der Waals surface area contributed by atoms with E-state index in [9.17, 15) is 30.3 Å². The van der Waals surface area contributed by atoms with Gasteiger partial charge in [0.25, 0.3) is 0 Å². The number of hydrazine groups is 2. The lowest BCUT2D eigenvalue weighted by molar-refractivity contribution is -0.318. The molecule has 0 unspecified atom stereocenters. The number of rotatable bonds is 16. The van der Waals surface area contributed by atoms with E-state index in [4.69, 9.17) is 38.9 Å². The zero-order chi connectivity index (χ0) is 56.6. The molecule has 0 bridgehead atoms. The van der Waals surface area contributed by atoms with Crippen molar-refractivity contribution in [3.63, 3.8) is 0 Å². The van der Waals surface area contributed by atoms with E-state index < -0.39 is 121 Å². The van der Waals surface area contributed by atoms with Gasteiger partial charge in [-0.15, -0.1) is 5.53 Å². The number of esters is 1. The molecule has 9 N–H and O–H groups in total. The number of hydrogen-bond donors (Lipinski definition) is 8. The SMILES string of the molecule is CC[C@H]1OC(=O)[C@H](C)[C@@H](O[C@H]2C[C@@](C)(OC)[C@@H](O)[C@H](C)O2)[C@H](C)[C@@H](O[C@@H]2O[C@H](C)C[C@H](N(C)CCC3=CN([C@H](CF)[C@H](OC)c4ccc(N5C[C@@H]6[C@@H](N)[C@@H]6C5)cc4)NN3)[C@H]2O)[C@](C)(O)C[C@@H](C)CN(C)[C@H](C)[C@@H](O)[C@]1(C)O. The van der Waals surface area contributed by atoms with Gasteiger partial charge in [-0.25, -0.2) is 4.39 Å². The summed E-state index contributed by atoms with van der Waals surface area (Å²) in [7, 11) is 6.85. The van der Waals surface area contributed by atoms with E-state index >= 15 is 4.39 Å². The fraction of sp³-hybridized carbons (Fsp3) is 0.839. The molecule has 0 spiro atoms. The number of hydrogen-bond acceptors (Lipinski definition) is 20. The number of nitrogens with one attached hydrogen (secondary N) is 2. The number of carbonyl (C=O) groups excluding carboxylic acids is 1. The van der Waals surface area contributed by atoms with Crippen molar-refractivity contribution in [1.29, 1.82) is 0 Å². The van der Waals surface area contributed by atoms with Crippen LogP contribution in [0.5, 0.6) is 0 Å². The quantitative estimate of drug-likeness (QED) is 0.111. The first-order valence-corrected chi connectivity index (χ1v) is 28.2. The fourth-order valence-electron chi connectivity index (χ4n) is 13.3. The number of anilines is 1. The Morgan fingerprint density at radius 2 is 1.61 bits per heavy atom. The van der Waals surface area contributed by atoms with Crippen molar-refractivity contribution in [3.8, 4) is 0 Å². The van der Waals surface area contributed by atoms with Crippen molar-refractivity contribution >= 4 is 11.7 Å². The number of nitrogens with two attached hydrogens (primary N) is 1. The molecular weight excluding hydrogens is 998 g/mol. The summed E-state index contributed by atoms with van der Waals surface area (Å²) in [4.78, 5) is 20.9. The zero-order valence-electron chi connectivity index (χ0n) is 48.3. The Morgan fingerprint density at radius 3 is 2.22 bits per heavy atom. The molecule has 23 atom stereocenters. The van der Waals surface area contributed by atoms with E-state index in [0.717, 1.165) is 30.0 Å². The Balaban J connectivity index is 1.10. The molecular formula is C56H96FN7O13. The van der Waals surface area contributed by atoms with Crippen LogP contribution in [0.4, 0.5) is 10.1 Å². The largest absolute Gasteiger partial charge is 0.459 e.